The smallest absolute Gasteiger partial charge is 0.135 e. The number of furan rings is 1. The summed E-state index contributed by atoms with van der Waals surface area (Å²) in [7, 11) is 0. The molecule has 10 rings (SSSR count). The number of benzene rings is 8. The molecule has 0 spiro atoms. The lowest BCUT2D eigenvalue weighted by Crippen LogP contribution is -2.10. The maximum atomic E-state index is 6.24. The van der Waals surface area contributed by atoms with Gasteiger partial charge in [0.1, 0.15) is 11.2 Å². The molecule has 0 N–H and O–H groups in total. The molecule has 8 aromatic carbocycles. The number of fused-ring (bicyclic) bond motifs is 7. The molecule has 2 nitrogen and oxygen atoms in total. The molecule has 0 bridgehead atoms. The van der Waals surface area contributed by atoms with Gasteiger partial charge in [0.05, 0.1) is 10.4 Å². The fourth-order valence-corrected chi connectivity index (χ4v) is 8.52. The molecule has 0 saturated heterocycles. The van der Waals surface area contributed by atoms with Gasteiger partial charge in [0.2, 0.25) is 0 Å². The summed E-state index contributed by atoms with van der Waals surface area (Å²) in [6.45, 7) is 0. The van der Waals surface area contributed by atoms with E-state index < -0.39 is 0 Å². The van der Waals surface area contributed by atoms with E-state index in [9.17, 15) is 0 Å². The third kappa shape index (κ3) is 4.62. The fraction of sp³-hybridized carbons (Fsp3) is 0. The number of hydrogen-bond acceptors (Lipinski definition) is 3. The van der Waals surface area contributed by atoms with E-state index in [2.05, 4.69) is 169 Å². The summed E-state index contributed by atoms with van der Waals surface area (Å²) in [5.41, 5.74) is 10.0. The first kappa shape index (κ1) is 27.9. The van der Waals surface area contributed by atoms with Gasteiger partial charge in [-0.25, -0.2) is 0 Å². The molecular weight excluding hydrogens is 615 g/mol. The summed E-state index contributed by atoms with van der Waals surface area (Å²) >= 11 is 1.85. The van der Waals surface area contributed by atoms with Gasteiger partial charge in [-0.1, -0.05) is 115 Å². The highest BCUT2D eigenvalue weighted by Crippen LogP contribution is 2.46. The minimum atomic E-state index is 0.894. The number of para-hydroxylation sites is 1. The zero-order chi connectivity index (χ0) is 32.3. The predicted octanol–water partition coefficient (Wildman–Crippen LogP) is 13.9. The lowest BCUT2D eigenvalue weighted by atomic mass is 9.91. The Morgan fingerprint density at radius 3 is 1.82 bits per heavy atom. The van der Waals surface area contributed by atoms with E-state index in [1.807, 2.05) is 23.5 Å². The predicted molar refractivity (Wildman–Crippen MR) is 210 cm³/mol. The van der Waals surface area contributed by atoms with Crippen LogP contribution in [0, 0.1) is 0 Å². The summed E-state index contributed by atoms with van der Waals surface area (Å²) < 4.78 is 8.80. The quantitative estimate of drug-likeness (QED) is 0.186. The molecule has 0 aliphatic carbocycles. The minimum Gasteiger partial charge on any atom is -0.456 e. The lowest BCUT2D eigenvalue weighted by molar-refractivity contribution is 0.669. The molecule has 2 aromatic heterocycles. The van der Waals surface area contributed by atoms with Crippen LogP contribution in [0.15, 0.2) is 180 Å². The van der Waals surface area contributed by atoms with Crippen molar-refractivity contribution < 1.29 is 4.42 Å². The van der Waals surface area contributed by atoms with Crippen molar-refractivity contribution in [3.05, 3.63) is 176 Å². The Bertz CT molecular complexity index is 2830. The molecule has 0 amide bonds. The van der Waals surface area contributed by atoms with Gasteiger partial charge < -0.3 is 9.32 Å². The molecule has 2 heterocycles. The zero-order valence-corrected chi connectivity index (χ0v) is 27.3. The monoisotopic (exact) mass is 643 g/mol. The molecule has 3 heteroatoms. The summed E-state index contributed by atoms with van der Waals surface area (Å²) in [4.78, 5) is 2.40. The van der Waals surface area contributed by atoms with Crippen molar-refractivity contribution in [2.24, 2.45) is 0 Å². The first-order valence-electron chi connectivity index (χ1n) is 16.6. The maximum absolute atomic E-state index is 6.24. The lowest BCUT2D eigenvalue weighted by Gasteiger charge is -2.26. The van der Waals surface area contributed by atoms with Crippen LogP contribution < -0.4 is 4.90 Å². The summed E-state index contributed by atoms with van der Waals surface area (Å²) in [5, 5.41) is 7.28. The third-order valence-electron chi connectivity index (χ3n) is 9.65. The zero-order valence-electron chi connectivity index (χ0n) is 26.5. The van der Waals surface area contributed by atoms with Crippen LogP contribution in [0.1, 0.15) is 0 Å². The normalized spacial score (nSPS) is 11.7. The number of hydrogen-bond donors (Lipinski definition) is 0. The molecule has 0 aliphatic heterocycles. The Morgan fingerprint density at radius 1 is 0.408 bits per heavy atom. The van der Waals surface area contributed by atoms with Gasteiger partial charge in [-0.05, 0) is 93.7 Å². The number of anilines is 3. The number of nitrogens with zero attached hydrogens (tertiary/aromatic N) is 1. The van der Waals surface area contributed by atoms with Gasteiger partial charge in [0, 0.05) is 37.6 Å². The van der Waals surface area contributed by atoms with E-state index in [4.69, 9.17) is 4.42 Å². The second kappa shape index (κ2) is 11.2. The molecule has 0 aliphatic rings. The SMILES string of the molecule is c1ccc(-c2cc3ccccc3cc2-c2ccc(N(c3ccc4oc5ccccc5c4c3)c3cccc4c3sc3ccccc34)cc2)cc1. The van der Waals surface area contributed by atoms with Crippen molar-refractivity contribution in [2.45, 2.75) is 0 Å². The van der Waals surface area contributed by atoms with E-state index in [0.717, 1.165) is 39.0 Å². The van der Waals surface area contributed by atoms with Gasteiger partial charge in [-0.2, -0.15) is 0 Å². The highest BCUT2D eigenvalue weighted by atomic mass is 32.1. The highest BCUT2D eigenvalue weighted by molar-refractivity contribution is 7.26. The van der Waals surface area contributed by atoms with Crippen molar-refractivity contribution in [3.8, 4) is 22.3 Å². The standard InChI is InChI=1S/C46H29NOS/c1-2-11-30(12-3-1)39-27-32-13-4-5-14-33(32)28-40(39)31-21-23-34(24-22-31)47(35-25-26-44-41(29-35)36-15-6-8-19-43(36)48-44)42-18-10-17-38-37-16-7-9-20-45(37)49-46(38)42/h1-29H. The Labute approximate surface area is 287 Å². The highest BCUT2D eigenvalue weighted by Gasteiger charge is 2.20. The van der Waals surface area contributed by atoms with Gasteiger partial charge in [0.15, 0.2) is 0 Å². The topological polar surface area (TPSA) is 16.4 Å². The van der Waals surface area contributed by atoms with Crippen molar-refractivity contribution >= 4 is 81.3 Å². The number of thiophene rings is 1. The average molecular weight is 644 g/mol. The van der Waals surface area contributed by atoms with Crippen LogP contribution in [0.2, 0.25) is 0 Å². The molecule has 0 atom stereocenters. The van der Waals surface area contributed by atoms with E-state index >= 15 is 0 Å². The van der Waals surface area contributed by atoms with E-state index in [1.54, 1.807) is 0 Å². The van der Waals surface area contributed by atoms with Gasteiger partial charge in [-0.3, -0.25) is 0 Å². The van der Waals surface area contributed by atoms with Gasteiger partial charge in [-0.15, -0.1) is 11.3 Å². The van der Waals surface area contributed by atoms with Crippen LogP contribution in [0.3, 0.4) is 0 Å². The largest absolute Gasteiger partial charge is 0.456 e. The average Bonchev–Trinajstić information content (AvgIpc) is 3.74. The molecule has 0 unspecified atom stereocenters. The van der Waals surface area contributed by atoms with Crippen LogP contribution >= 0.6 is 11.3 Å². The van der Waals surface area contributed by atoms with Crippen LogP contribution in [0.5, 0.6) is 0 Å². The Morgan fingerprint density at radius 2 is 1.02 bits per heavy atom. The fourth-order valence-electron chi connectivity index (χ4n) is 7.31. The van der Waals surface area contributed by atoms with E-state index in [-0.39, 0.29) is 0 Å². The van der Waals surface area contributed by atoms with Crippen LogP contribution in [0.25, 0.3) is 75.1 Å². The summed E-state index contributed by atoms with van der Waals surface area (Å²) in [6, 6.07) is 63.3. The Hall–Kier alpha value is -6.16. The van der Waals surface area contributed by atoms with Crippen LogP contribution in [0.4, 0.5) is 17.1 Å². The van der Waals surface area contributed by atoms with Crippen LogP contribution in [-0.4, -0.2) is 0 Å². The van der Waals surface area contributed by atoms with Crippen molar-refractivity contribution in [3.63, 3.8) is 0 Å². The molecule has 0 radical (unpaired) electrons. The van der Waals surface area contributed by atoms with Gasteiger partial charge in [0.25, 0.3) is 0 Å². The van der Waals surface area contributed by atoms with E-state index in [0.29, 0.717) is 0 Å². The Kier molecular flexibility index (Phi) is 6.39. The number of rotatable bonds is 5. The molecule has 10 aromatic rings. The first-order valence-corrected chi connectivity index (χ1v) is 17.4. The summed E-state index contributed by atoms with van der Waals surface area (Å²) in [5.74, 6) is 0. The second-order valence-electron chi connectivity index (χ2n) is 12.5. The third-order valence-corrected chi connectivity index (χ3v) is 10.9. The Balaban J connectivity index is 1.18. The molecule has 0 saturated carbocycles. The molecular formula is C46H29NOS. The molecule has 230 valence electrons. The summed E-state index contributed by atoms with van der Waals surface area (Å²) in [6.07, 6.45) is 0. The van der Waals surface area contributed by atoms with Crippen molar-refractivity contribution in [2.75, 3.05) is 4.90 Å². The van der Waals surface area contributed by atoms with Crippen LogP contribution in [-0.2, 0) is 0 Å². The first-order chi connectivity index (χ1) is 24.3. The minimum absolute atomic E-state index is 0.894. The molecule has 49 heavy (non-hydrogen) atoms. The second-order valence-corrected chi connectivity index (χ2v) is 13.6. The van der Waals surface area contributed by atoms with Crippen molar-refractivity contribution in [1.82, 2.24) is 0 Å². The van der Waals surface area contributed by atoms with E-state index in [1.165, 1.54) is 53.2 Å². The van der Waals surface area contributed by atoms with Gasteiger partial charge >= 0.3 is 0 Å². The molecule has 0 fully saturated rings. The maximum Gasteiger partial charge on any atom is 0.135 e. The van der Waals surface area contributed by atoms with Crippen molar-refractivity contribution in [1.29, 1.82) is 0 Å².